The Morgan fingerprint density at radius 3 is 2.67 bits per heavy atom. The molecule has 2 aromatic heterocycles. The van der Waals surface area contributed by atoms with Crippen molar-refractivity contribution in [1.29, 1.82) is 0 Å². The molecule has 0 aromatic carbocycles. The molecule has 0 aliphatic heterocycles. The van der Waals surface area contributed by atoms with Gasteiger partial charge in [0.1, 0.15) is 6.33 Å². The summed E-state index contributed by atoms with van der Waals surface area (Å²) in [6, 6.07) is 3.66. The first-order chi connectivity index (χ1) is 8.61. The molecule has 2 rings (SSSR count). The van der Waals surface area contributed by atoms with Crippen molar-refractivity contribution < 1.29 is 9.84 Å². The molecule has 0 spiro atoms. The predicted octanol–water partition coefficient (Wildman–Crippen LogP) is 2.55. The van der Waals surface area contributed by atoms with Crippen molar-refractivity contribution in [3.63, 3.8) is 0 Å². The first kappa shape index (κ1) is 12.3. The molecule has 0 saturated carbocycles. The Labute approximate surface area is 106 Å². The van der Waals surface area contributed by atoms with E-state index < -0.39 is 0 Å². The Balaban J connectivity index is 2.34. The molecular weight excluding hydrogens is 230 g/mol. The maximum Gasteiger partial charge on any atom is 0.265 e. The Morgan fingerprint density at radius 2 is 2.00 bits per heavy atom. The zero-order valence-corrected chi connectivity index (χ0v) is 10.6. The van der Waals surface area contributed by atoms with E-state index in [1.165, 1.54) is 6.33 Å². The summed E-state index contributed by atoms with van der Waals surface area (Å²) < 4.78 is 5.57. The average Bonchev–Trinajstić information content (AvgIpc) is 2.35. The van der Waals surface area contributed by atoms with Crippen molar-refractivity contribution in [2.45, 2.75) is 27.2 Å². The highest BCUT2D eigenvalue weighted by molar-refractivity contribution is 5.40. The lowest BCUT2D eigenvalue weighted by Gasteiger charge is -2.10. The van der Waals surface area contributed by atoms with Gasteiger partial charge in [-0.3, -0.25) is 4.98 Å². The summed E-state index contributed by atoms with van der Waals surface area (Å²) >= 11 is 0. The smallest absolute Gasteiger partial charge is 0.265 e. The van der Waals surface area contributed by atoms with Crippen molar-refractivity contribution >= 4 is 0 Å². The molecule has 0 amide bonds. The number of hydrogen-bond acceptors (Lipinski definition) is 5. The Kier molecular flexibility index (Phi) is 3.41. The number of hydrogen-bond donors (Lipinski definition) is 1. The van der Waals surface area contributed by atoms with E-state index in [1.54, 1.807) is 0 Å². The lowest BCUT2D eigenvalue weighted by molar-refractivity contribution is 0.387. The molecule has 0 bridgehead atoms. The quantitative estimate of drug-likeness (QED) is 0.900. The third-order valence-corrected chi connectivity index (χ3v) is 2.58. The van der Waals surface area contributed by atoms with E-state index in [0.29, 0.717) is 17.9 Å². The summed E-state index contributed by atoms with van der Waals surface area (Å²) in [5.41, 5.74) is 2.24. The van der Waals surface area contributed by atoms with Crippen molar-refractivity contribution in [3.8, 4) is 17.4 Å². The second kappa shape index (κ2) is 5.00. The van der Waals surface area contributed by atoms with Gasteiger partial charge in [0.05, 0.1) is 11.4 Å². The van der Waals surface area contributed by atoms with E-state index in [9.17, 15) is 5.11 Å². The second-order valence-electron chi connectivity index (χ2n) is 3.97. The van der Waals surface area contributed by atoms with Crippen LogP contribution in [0, 0.1) is 13.8 Å². The van der Waals surface area contributed by atoms with Gasteiger partial charge in [-0.25, -0.2) is 4.98 Å². The van der Waals surface area contributed by atoms with Gasteiger partial charge in [-0.2, -0.15) is 4.98 Å². The summed E-state index contributed by atoms with van der Waals surface area (Å²) in [6.45, 7) is 5.67. The highest BCUT2D eigenvalue weighted by Crippen LogP contribution is 2.31. The number of rotatable bonds is 3. The fourth-order valence-electron chi connectivity index (χ4n) is 1.62. The van der Waals surface area contributed by atoms with Crippen LogP contribution in [0.3, 0.4) is 0 Å². The van der Waals surface area contributed by atoms with Crippen LogP contribution in [-0.2, 0) is 6.42 Å². The van der Waals surface area contributed by atoms with Crippen LogP contribution in [0.4, 0.5) is 0 Å². The Bertz CT molecular complexity index is 570. The van der Waals surface area contributed by atoms with E-state index >= 15 is 0 Å². The van der Waals surface area contributed by atoms with E-state index in [2.05, 4.69) is 15.0 Å². The Hall–Kier alpha value is -2.17. The van der Waals surface area contributed by atoms with Gasteiger partial charge in [0.2, 0.25) is 5.75 Å². The minimum Gasteiger partial charge on any atom is -0.502 e. The minimum atomic E-state index is -0.0139. The molecule has 1 N–H and O–H groups in total. The summed E-state index contributed by atoms with van der Waals surface area (Å²) in [7, 11) is 0. The van der Waals surface area contributed by atoms with Crippen LogP contribution in [0.25, 0.3) is 0 Å². The lowest BCUT2D eigenvalue weighted by Crippen LogP contribution is -1.97. The van der Waals surface area contributed by atoms with E-state index in [-0.39, 0.29) is 11.6 Å². The number of aryl methyl sites for hydroxylation is 3. The topological polar surface area (TPSA) is 68.1 Å². The molecule has 94 valence electrons. The van der Waals surface area contributed by atoms with Gasteiger partial charge in [0, 0.05) is 5.69 Å². The van der Waals surface area contributed by atoms with Crippen molar-refractivity contribution in [1.82, 2.24) is 15.0 Å². The maximum atomic E-state index is 9.93. The number of ether oxygens (including phenoxy) is 1. The molecule has 0 unspecified atom stereocenters. The minimum absolute atomic E-state index is 0.0139. The zero-order valence-electron chi connectivity index (χ0n) is 10.6. The molecule has 0 aliphatic rings. The van der Waals surface area contributed by atoms with Gasteiger partial charge < -0.3 is 9.84 Å². The molecular formula is C13H15N3O2. The molecule has 2 heterocycles. The normalized spacial score (nSPS) is 10.4. The van der Waals surface area contributed by atoms with Crippen LogP contribution in [0.15, 0.2) is 18.5 Å². The van der Waals surface area contributed by atoms with E-state index in [1.807, 2.05) is 32.9 Å². The highest BCUT2D eigenvalue weighted by Gasteiger charge is 2.12. The number of nitrogens with zero attached hydrogens (tertiary/aromatic N) is 3. The van der Waals surface area contributed by atoms with Crippen LogP contribution < -0.4 is 4.74 Å². The predicted molar refractivity (Wildman–Crippen MR) is 66.9 cm³/mol. The number of aromatic nitrogens is 3. The third-order valence-electron chi connectivity index (χ3n) is 2.58. The molecule has 0 fully saturated rings. The van der Waals surface area contributed by atoms with E-state index in [4.69, 9.17) is 4.74 Å². The standard InChI is InChI=1S/C13H15N3O2/c1-4-10-12(17)13(15-7-14-10)18-11-6-5-8(2)16-9(11)3/h5-7,17H,4H2,1-3H3. The summed E-state index contributed by atoms with van der Waals surface area (Å²) in [4.78, 5) is 12.2. The molecule has 0 aliphatic carbocycles. The first-order valence-electron chi connectivity index (χ1n) is 5.76. The molecule has 0 saturated heterocycles. The van der Waals surface area contributed by atoms with Crippen LogP contribution in [0.5, 0.6) is 17.4 Å². The van der Waals surface area contributed by atoms with Crippen molar-refractivity contribution in [3.05, 3.63) is 35.5 Å². The van der Waals surface area contributed by atoms with Gasteiger partial charge in [-0.1, -0.05) is 6.92 Å². The van der Waals surface area contributed by atoms with Gasteiger partial charge in [0.25, 0.3) is 5.88 Å². The summed E-state index contributed by atoms with van der Waals surface area (Å²) in [6.07, 6.45) is 2.00. The second-order valence-corrected chi connectivity index (χ2v) is 3.97. The highest BCUT2D eigenvalue weighted by atomic mass is 16.5. The van der Waals surface area contributed by atoms with Crippen LogP contribution in [0.1, 0.15) is 24.0 Å². The molecule has 0 radical (unpaired) electrons. The van der Waals surface area contributed by atoms with Crippen LogP contribution in [0.2, 0.25) is 0 Å². The molecule has 5 nitrogen and oxygen atoms in total. The largest absolute Gasteiger partial charge is 0.502 e. The van der Waals surface area contributed by atoms with Crippen LogP contribution >= 0.6 is 0 Å². The molecule has 18 heavy (non-hydrogen) atoms. The van der Waals surface area contributed by atoms with Gasteiger partial charge in [-0.15, -0.1) is 0 Å². The molecule has 5 heteroatoms. The monoisotopic (exact) mass is 245 g/mol. The SMILES string of the molecule is CCc1ncnc(Oc2ccc(C)nc2C)c1O. The summed E-state index contributed by atoms with van der Waals surface area (Å²) in [5.74, 6) is 0.729. The maximum absolute atomic E-state index is 9.93. The molecule has 0 atom stereocenters. The zero-order chi connectivity index (χ0) is 13.1. The van der Waals surface area contributed by atoms with Gasteiger partial charge in [0.15, 0.2) is 5.75 Å². The number of aromatic hydroxyl groups is 1. The van der Waals surface area contributed by atoms with Gasteiger partial charge in [-0.05, 0) is 32.4 Å². The fraction of sp³-hybridized carbons (Fsp3) is 0.308. The number of pyridine rings is 1. The fourth-order valence-corrected chi connectivity index (χ4v) is 1.62. The molecule has 2 aromatic rings. The van der Waals surface area contributed by atoms with E-state index in [0.717, 1.165) is 11.4 Å². The Morgan fingerprint density at radius 1 is 1.22 bits per heavy atom. The van der Waals surface area contributed by atoms with Crippen molar-refractivity contribution in [2.24, 2.45) is 0 Å². The average molecular weight is 245 g/mol. The van der Waals surface area contributed by atoms with Crippen molar-refractivity contribution in [2.75, 3.05) is 0 Å². The first-order valence-corrected chi connectivity index (χ1v) is 5.76. The lowest BCUT2D eigenvalue weighted by atomic mass is 10.3. The summed E-state index contributed by atoms with van der Waals surface area (Å²) in [5, 5.41) is 9.93. The van der Waals surface area contributed by atoms with Gasteiger partial charge >= 0.3 is 0 Å². The third kappa shape index (κ3) is 2.40. The van der Waals surface area contributed by atoms with Crippen LogP contribution in [-0.4, -0.2) is 20.1 Å².